The average molecular weight is 523 g/mol. The second-order valence-corrected chi connectivity index (χ2v) is 8.93. The van der Waals surface area contributed by atoms with Crippen LogP contribution in [0.4, 0.5) is 5.69 Å². The third-order valence-electron chi connectivity index (χ3n) is 5.83. The quantitative estimate of drug-likeness (QED) is 0.131. The van der Waals surface area contributed by atoms with Crippen molar-refractivity contribution in [2.45, 2.75) is 20.0 Å². The van der Waals surface area contributed by atoms with Crippen molar-refractivity contribution in [3.63, 3.8) is 0 Å². The van der Waals surface area contributed by atoms with Gasteiger partial charge in [0.2, 0.25) is 0 Å². The van der Waals surface area contributed by atoms with Gasteiger partial charge in [0.1, 0.15) is 18.2 Å². The number of anilines is 1. The first-order valence-electron chi connectivity index (χ1n) is 12.2. The number of halogens is 1. The third kappa shape index (κ3) is 6.42. The molecule has 0 radical (unpaired) electrons. The van der Waals surface area contributed by atoms with Crippen LogP contribution < -0.4 is 14.8 Å². The highest BCUT2D eigenvalue weighted by Gasteiger charge is 2.16. The minimum atomic E-state index is -0.533. The Kier molecular flexibility index (Phi) is 8.81. The van der Waals surface area contributed by atoms with Crippen molar-refractivity contribution in [1.29, 1.82) is 5.26 Å². The van der Waals surface area contributed by atoms with E-state index < -0.39 is 5.91 Å². The number of amides is 1. The van der Waals surface area contributed by atoms with Gasteiger partial charge in [0.15, 0.2) is 11.5 Å². The van der Waals surface area contributed by atoms with Gasteiger partial charge in [0, 0.05) is 16.3 Å². The number of hydrogen-bond acceptors (Lipinski definition) is 4. The zero-order chi connectivity index (χ0) is 26.9. The maximum absolute atomic E-state index is 12.8. The van der Waals surface area contributed by atoms with Gasteiger partial charge >= 0.3 is 0 Å². The first kappa shape index (κ1) is 26.5. The number of nitrogens with one attached hydrogen (secondary N) is 1. The Morgan fingerprint density at radius 2 is 1.82 bits per heavy atom. The Bertz CT molecular complexity index is 1550. The van der Waals surface area contributed by atoms with Crippen LogP contribution in [0.2, 0.25) is 5.02 Å². The Balaban J connectivity index is 1.66. The predicted octanol–water partition coefficient (Wildman–Crippen LogP) is 7.75. The molecule has 38 heavy (non-hydrogen) atoms. The van der Waals surface area contributed by atoms with Gasteiger partial charge in [-0.25, -0.2) is 0 Å². The summed E-state index contributed by atoms with van der Waals surface area (Å²) in [6.07, 6.45) is 3.83. The average Bonchev–Trinajstić information content (AvgIpc) is 2.91. The number of carbonyl (C=O) groups excluding carboxylic acids is 1. The van der Waals surface area contributed by atoms with E-state index in [0.29, 0.717) is 47.4 Å². The fraction of sp³-hybridized carbons (Fsp3) is 0.125. The number of benzene rings is 4. The molecule has 0 atom stereocenters. The summed E-state index contributed by atoms with van der Waals surface area (Å²) in [5.41, 5.74) is 2.98. The lowest BCUT2D eigenvalue weighted by Crippen LogP contribution is -2.13. The summed E-state index contributed by atoms with van der Waals surface area (Å²) in [6.45, 7) is 6.55. The smallest absolute Gasteiger partial charge is 0.266 e. The molecule has 0 bridgehead atoms. The van der Waals surface area contributed by atoms with E-state index >= 15 is 0 Å². The fourth-order valence-corrected chi connectivity index (χ4v) is 4.34. The molecule has 1 N–H and O–H groups in total. The maximum Gasteiger partial charge on any atom is 0.266 e. The first-order valence-corrected chi connectivity index (χ1v) is 12.6. The summed E-state index contributed by atoms with van der Waals surface area (Å²) in [7, 11) is 0. The second-order valence-electron chi connectivity index (χ2n) is 8.49. The standard InChI is InChI=1S/C32H27ClN2O3/c1-3-9-24-16-22(17-26(20-34)32(36)35-28-14-8-13-27(33)19-28)18-30(37-4-2)31(24)38-21-25-12-7-11-23-10-5-6-15-29(23)25/h3,5-8,10-19H,1,4,9,21H2,2H3,(H,35,36)/b26-17+. The third-order valence-corrected chi connectivity index (χ3v) is 6.06. The molecule has 4 aromatic carbocycles. The first-order chi connectivity index (χ1) is 18.5. The molecule has 0 aliphatic heterocycles. The van der Waals surface area contributed by atoms with Crippen molar-refractivity contribution in [3.8, 4) is 17.6 Å². The Hall–Kier alpha value is -4.53. The molecule has 190 valence electrons. The minimum Gasteiger partial charge on any atom is -0.490 e. The van der Waals surface area contributed by atoms with Crippen LogP contribution >= 0.6 is 11.6 Å². The molecule has 0 spiro atoms. The summed E-state index contributed by atoms with van der Waals surface area (Å²) in [4.78, 5) is 12.8. The maximum atomic E-state index is 12.8. The highest BCUT2D eigenvalue weighted by Crippen LogP contribution is 2.36. The van der Waals surface area contributed by atoms with E-state index in [0.717, 1.165) is 21.9 Å². The van der Waals surface area contributed by atoms with Crippen LogP contribution in [0, 0.1) is 11.3 Å². The monoisotopic (exact) mass is 522 g/mol. The lowest BCUT2D eigenvalue weighted by Gasteiger charge is -2.17. The SMILES string of the molecule is C=CCc1cc(/C=C(\C#N)C(=O)Nc2cccc(Cl)c2)cc(OCC)c1OCc1cccc2ccccc12. The van der Waals surface area contributed by atoms with Gasteiger partial charge in [-0.3, -0.25) is 4.79 Å². The van der Waals surface area contributed by atoms with Crippen LogP contribution in [-0.2, 0) is 17.8 Å². The molecule has 4 aromatic rings. The van der Waals surface area contributed by atoms with Gasteiger partial charge < -0.3 is 14.8 Å². The molecular formula is C32H27ClN2O3. The van der Waals surface area contributed by atoms with E-state index in [4.69, 9.17) is 21.1 Å². The van der Waals surface area contributed by atoms with Gasteiger partial charge in [0.05, 0.1) is 6.61 Å². The van der Waals surface area contributed by atoms with Crippen LogP contribution in [0.5, 0.6) is 11.5 Å². The molecule has 1 amide bonds. The molecule has 4 rings (SSSR count). The fourth-order valence-electron chi connectivity index (χ4n) is 4.15. The van der Waals surface area contributed by atoms with Gasteiger partial charge in [-0.1, -0.05) is 66.2 Å². The van der Waals surface area contributed by atoms with E-state index in [1.165, 1.54) is 6.08 Å². The number of rotatable bonds is 10. The molecular weight excluding hydrogens is 496 g/mol. The molecule has 0 aromatic heterocycles. The van der Waals surface area contributed by atoms with E-state index in [1.807, 2.05) is 43.3 Å². The number of ether oxygens (including phenoxy) is 2. The van der Waals surface area contributed by atoms with Crippen molar-refractivity contribution in [1.82, 2.24) is 0 Å². The number of carbonyl (C=O) groups is 1. The number of allylic oxidation sites excluding steroid dienone is 1. The predicted molar refractivity (Wildman–Crippen MR) is 153 cm³/mol. The van der Waals surface area contributed by atoms with E-state index in [-0.39, 0.29) is 5.57 Å². The number of hydrogen-bond donors (Lipinski definition) is 1. The zero-order valence-electron chi connectivity index (χ0n) is 21.0. The van der Waals surface area contributed by atoms with Crippen LogP contribution in [0.15, 0.2) is 97.1 Å². The molecule has 0 unspecified atom stereocenters. The van der Waals surface area contributed by atoms with E-state index in [1.54, 1.807) is 36.4 Å². The zero-order valence-corrected chi connectivity index (χ0v) is 21.8. The highest BCUT2D eigenvalue weighted by molar-refractivity contribution is 6.31. The van der Waals surface area contributed by atoms with Gasteiger partial charge in [-0.15, -0.1) is 6.58 Å². The molecule has 0 heterocycles. The van der Waals surface area contributed by atoms with Crippen molar-refractivity contribution in [2.24, 2.45) is 0 Å². The van der Waals surface area contributed by atoms with Gasteiger partial charge in [-0.2, -0.15) is 5.26 Å². The minimum absolute atomic E-state index is 0.0543. The number of nitriles is 1. The number of fused-ring (bicyclic) bond motifs is 1. The molecule has 0 fully saturated rings. The second kappa shape index (κ2) is 12.6. The summed E-state index contributed by atoms with van der Waals surface area (Å²) >= 11 is 6.01. The molecule has 0 aliphatic carbocycles. The van der Waals surface area contributed by atoms with Gasteiger partial charge in [-0.05, 0) is 71.7 Å². The van der Waals surface area contributed by atoms with Crippen LogP contribution in [0.3, 0.4) is 0 Å². The number of nitrogens with zero attached hydrogens (tertiary/aromatic N) is 1. The normalized spacial score (nSPS) is 11.0. The lowest BCUT2D eigenvalue weighted by molar-refractivity contribution is -0.112. The van der Waals surface area contributed by atoms with Crippen molar-refractivity contribution in [2.75, 3.05) is 11.9 Å². The van der Waals surface area contributed by atoms with Crippen LogP contribution in [0.1, 0.15) is 23.6 Å². The summed E-state index contributed by atoms with van der Waals surface area (Å²) in [6, 6.07) is 26.7. The Labute approximate surface area is 227 Å². The summed E-state index contributed by atoms with van der Waals surface area (Å²) in [5.74, 6) is 0.610. The topological polar surface area (TPSA) is 71.4 Å². The molecule has 0 saturated carbocycles. The largest absolute Gasteiger partial charge is 0.490 e. The van der Waals surface area contributed by atoms with Crippen molar-refractivity contribution < 1.29 is 14.3 Å². The molecule has 5 nitrogen and oxygen atoms in total. The summed E-state index contributed by atoms with van der Waals surface area (Å²) < 4.78 is 12.3. The van der Waals surface area contributed by atoms with E-state index in [9.17, 15) is 10.1 Å². The van der Waals surface area contributed by atoms with Crippen LogP contribution in [0.25, 0.3) is 16.8 Å². The molecule has 0 aliphatic rings. The molecule has 0 saturated heterocycles. The van der Waals surface area contributed by atoms with Crippen LogP contribution in [-0.4, -0.2) is 12.5 Å². The Morgan fingerprint density at radius 1 is 1.03 bits per heavy atom. The molecule has 6 heteroatoms. The lowest BCUT2D eigenvalue weighted by atomic mass is 10.0. The highest BCUT2D eigenvalue weighted by atomic mass is 35.5. The van der Waals surface area contributed by atoms with Crippen molar-refractivity contribution >= 4 is 40.0 Å². The Morgan fingerprint density at radius 3 is 2.58 bits per heavy atom. The van der Waals surface area contributed by atoms with Crippen molar-refractivity contribution in [3.05, 3.63) is 119 Å². The van der Waals surface area contributed by atoms with Gasteiger partial charge in [0.25, 0.3) is 5.91 Å². The van der Waals surface area contributed by atoms with E-state index in [2.05, 4.69) is 30.1 Å². The summed E-state index contributed by atoms with van der Waals surface area (Å²) in [5, 5.41) is 15.2.